The highest BCUT2D eigenvalue weighted by molar-refractivity contribution is 6.07. The molecule has 2 amide bonds. The highest BCUT2D eigenvalue weighted by Crippen LogP contribution is 2.29. The number of carbonyl (C=O) groups is 2. The number of nitrogens with one attached hydrogen (secondary N) is 2. The second-order valence-corrected chi connectivity index (χ2v) is 7.97. The predicted octanol–water partition coefficient (Wildman–Crippen LogP) is 5.36. The number of rotatable bonds is 4. The van der Waals surface area contributed by atoms with Crippen molar-refractivity contribution < 1.29 is 9.59 Å². The van der Waals surface area contributed by atoms with E-state index in [1.165, 1.54) is 0 Å². The Morgan fingerprint density at radius 3 is 2.00 bits per heavy atom. The highest BCUT2D eigenvalue weighted by atomic mass is 16.2. The van der Waals surface area contributed by atoms with Crippen molar-refractivity contribution in [2.45, 2.75) is 26.2 Å². The molecule has 0 spiro atoms. The summed E-state index contributed by atoms with van der Waals surface area (Å²) in [7, 11) is 0. The number of para-hydroxylation sites is 1. The fraction of sp³-hybridized carbons (Fsp3) is 0.160. The molecule has 0 saturated heterocycles. The zero-order valence-electron chi connectivity index (χ0n) is 17.2. The topological polar surface area (TPSA) is 82.0 Å². The lowest BCUT2D eigenvalue weighted by Crippen LogP contribution is -2.19. The van der Waals surface area contributed by atoms with Crippen LogP contribution in [0.15, 0.2) is 72.8 Å². The van der Waals surface area contributed by atoms with E-state index in [0.717, 1.165) is 11.3 Å². The molecule has 0 aromatic heterocycles. The minimum Gasteiger partial charge on any atom is -0.322 e. The summed E-state index contributed by atoms with van der Waals surface area (Å²) in [6.07, 6.45) is 0. The van der Waals surface area contributed by atoms with Gasteiger partial charge in [-0.1, -0.05) is 45.0 Å². The van der Waals surface area contributed by atoms with E-state index in [9.17, 15) is 9.59 Å². The monoisotopic (exact) mass is 397 g/mol. The molecule has 0 fully saturated rings. The first kappa shape index (κ1) is 20.8. The fourth-order valence-electron chi connectivity index (χ4n) is 3.08. The smallest absolute Gasteiger partial charge is 0.255 e. The maximum absolute atomic E-state index is 12.7. The molecule has 5 nitrogen and oxygen atoms in total. The van der Waals surface area contributed by atoms with Crippen molar-refractivity contribution in [1.29, 1.82) is 5.26 Å². The van der Waals surface area contributed by atoms with Gasteiger partial charge in [0.05, 0.1) is 11.6 Å². The number of hydrogen-bond donors (Lipinski definition) is 2. The van der Waals surface area contributed by atoms with E-state index in [1.807, 2.05) is 30.3 Å². The van der Waals surface area contributed by atoms with Crippen molar-refractivity contribution >= 4 is 23.2 Å². The second-order valence-electron chi connectivity index (χ2n) is 7.97. The van der Waals surface area contributed by atoms with E-state index in [4.69, 9.17) is 5.26 Å². The van der Waals surface area contributed by atoms with Gasteiger partial charge < -0.3 is 10.6 Å². The van der Waals surface area contributed by atoms with Crippen LogP contribution in [0.3, 0.4) is 0 Å². The van der Waals surface area contributed by atoms with E-state index in [-0.39, 0.29) is 17.2 Å². The van der Waals surface area contributed by atoms with Crippen LogP contribution in [0.2, 0.25) is 0 Å². The summed E-state index contributed by atoms with van der Waals surface area (Å²) < 4.78 is 0. The SMILES string of the molecule is CC(C)(C)c1ccccc1NC(=O)c1ccc(C(=O)Nc2cccc(C#N)c2)cc1. The molecular formula is C25H23N3O2. The summed E-state index contributed by atoms with van der Waals surface area (Å²) in [6.45, 7) is 6.28. The summed E-state index contributed by atoms with van der Waals surface area (Å²) in [5.74, 6) is -0.546. The molecule has 0 radical (unpaired) electrons. The number of nitrogens with zero attached hydrogens (tertiary/aromatic N) is 1. The van der Waals surface area contributed by atoms with E-state index in [1.54, 1.807) is 48.5 Å². The van der Waals surface area contributed by atoms with Gasteiger partial charge in [-0.2, -0.15) is 5.26 Å². The van der Waals surface area contributed by atoms with Gasteiger partial charge in [-0.15, -0.1) is 0 Å². The zero-order chi connectivity index (χ0) is 21.7. The molecule has 0 aliphatic heterocycles. The van der Waals surface area contributed by atoms with Gasteiger partial charge in [0.25, 0.3) is 11.8 Å². The van der Waals surface area contributed by atoms with Gasteiger partial charge in [0, 0.05) is 22.5 Å². The molecule has 3 aromatic carbocycles. The normalized spacial score (nSPS) is 10.7. The first-order valence-corrected chi connectivity index (χ1v) is 9.60. The molecule has 0 heterocycles. The first-order chi connectivity index (χ1) is 14.3. The lowest BCUT2D eigenvalue weighted by Gasteiger charge is -2.23. The molecule has 0 aliphatic carbocycles. The Morgan fingerprint density at radius 1 is 0.800 bits per heavy atom. The van der Waals surface area contributed by atoms with Crippen LogP contribution in [0.5, 0.6) is 0 Å². The molecule has 0 atom stereocenters. The second kappa shape index (κ2) is 8.62. The number of hydrogen-bond acceptors (Lipinski definition) is 3. The van der Waals surface area contributed by atoms with Crippen LogP contribution in [0, 0.1) is 11.3 Å². The summed E-state index contributed by atoms with van der Waals surface area (Å²) in [4.78, 5) is 25.1. The third kappa shape index (κ3) is 4.92. The van der Waals surface area contributed by atoms with Crippen LogP contribution in [0.4, 0.5) is 11.4 Å². The maximum atomic E-state index is 12.7. The van der Waals surface area contributed by atoms with E-state index in [2.05, 4.69) is 31.4 Å². The average molecular weight is 397 g/mol. The van der Waals surface area contributed by atoms with Gasteiger partial charge in [0.15, 0.2) is 0 Å². The number of anilines is 2. The largest absolute Gasteiger partial charge is 0.322 e. The Bertz CT molecular complexity index is 1120. The van der Waals surface area contributed by atoms with Gasteiger partial charge >= 0.3 is 0 Å². The van der Waals surface area contributed by atoms with Crippen molar-refractivity contribution in [3.8, 4) is 6.07 Å². The molecule has 30 heavy (non-hydrogen) atoms. The quantitative estimate of drug-likeness (QED) is 0.622. The minimum absolute atomic E-state index is 0.103. The number of carbonyl (C=O) groups excluding carboxylic acids is 2. The lowest BCUT2D eigenvalue weighted by atomic mass is 9.86. The predicted molar refractivity (Wildman–Crippen MR) is 119 cm³/mol. The van der Waals surface area contributed by atoms with Crippen molar-refractivity contribution in [2.24, 2.45) is 0 Å². The lowest BCUT2D eigenvalue weighted by molar-refractivity contribution is 0.101. The van der Waals surface area contributed by atoms with Crippen LogP contribution in [-0.2, 0) is 5.41 Å². The van der Waals surface area contributed by atoms with Gasteiger partial charge in [0.2, 0.25) is 0 Å². The van der Waals surface area contributed by atoms with Gasteiger partial charge in [-0.05, 0) is 59.5 Å². The molecular weight excluding hydrogens is 374 g/mol. The fourth-order valence-corrected chi connectivity index (χ4v) is 3.08. The average Bonchev–Trinajstić information content (AvgIpc) is 2.73. The van der Waals surface area contributed by atoms with E-state index >= 15 is 0 Å². The van der Waals surface area contributed by atoms with Gasteiger partial charge in [-0.3, -0.25) is 9.59 Å². The Hall–Kier alpha value is -3.91. The van der Waals surface area contributed by atoms with Crippen molar-refractivity contribution in [3.63, 3.8) is 0 Å². The standard InChI is InChI=1S/C25H23N3O2/c1-25(2,3)21-9-4-5-10-22(21)28-24(30)19-13-11-18(12-14-19)23(29)27-20-8-6-7-17(15-20)16-26/h4-15H,1-3H3,(H,27,29)(H,28,30). The zero-order valence-corrected chi connectivity index (χ0v) is 17.2. The Labute approximate surface area is 176 Å². The van der Waals surface area contributed by atoms with E-state index < -0.39 is 0 Å². The first-order valence-electron chi connectivity index (χ1n) is 9.60. The number of benzene rings is 3. The molecule has 0 unspecified atom stereocenters. The third-order valence-corrected chi connectivity index (χ3v) is 4.64. The third-order valence-electron chi connectivity index (χ3n) is 4.64. The molecule has 5 heteroatoms. The van der Waals surface area contributed by atoms with Crippen LogP contribution in [0.25, 0.3) is 0 Å². The molecule has 2 N–H and O–H groups in total. The molecule has 150 valence electrons. The van der Waals surface area contributed by atoms with Crippen molar-refractivity contribution in [1.82, 2.24) is 0 Å². The summed E-state index contributed by atoms with van der Waals surface area (Å²) >= 11 is 0. The maximum Gasteiger partial charge on any atom is 0.255 e. The molecule has 0 saturated carbocycles. The van der Waals surface area contributed by atoms with Crippen LogP contribution in [-0.4, -0.2) is 11.8 Å². The molecule has 0 aliphatic rings. The summed E-state index contributed by atoms with van der Waals surface area (Å²) in [5.41, 5.74) is 3.61. The highest BCUT2D eigenvalue weighted by Gasteiger charge is 2.19. The van der Waals surface area contributed by atoms with Crippen LogP contribution in [0.1, 0.15) is 52.6 Å². The summed E-state index contributed by atoms with van der Waals surface area (Å²) in [5, 5.41) is 14.7. The number of amides is 2. The molecule has 3 rings (SSSR count). The minimum atomic E-state index is -0.310. The van der Waals surface area contributed by atoms with E-state index in [0.29, 0.717) is 22.4 Å². The molecule has 0 bridgehead atoms. The number of nitriles is 1. The van der Waals surface area contributed by atoms with Crippen molar-refractivity contribution in [2.75, 3.05) is 10.6 Å². The molecule has 3 aromatic rings. The Kier molecular flexibility index (Phi) is 5.98. The van der Waals surface area contributed by atoms with Crippen molar-refractivity contribution in [3.05, 3.63) is 95.1 Å². The summed E-state index contributed by atoms with van der Waals surface area (Å²) in [6, 6.07) is 22.9. The van der Waals surface area contributed by atoms with Gasteiger partial charge in [0.1, 0.15) is 0 Å². The van der Waals surface area contributed by atoms with Gasteiger partial charge in [-0.25, -0.2) is 0 Å². The Balaban J connectivity index is 1.72. The van der Waals surface area contributed by atoms with Crippen LogP contribution < -0.4 is 10.6 Å². The Morgan fingerprint density at radius 2 is 1.40 bits per heavy atom. The van der Waals surface area contributed by atoms with Crippen LogP contribution >= 0.6 is 0 Å².